The van der Waals surface area contributed by atoms with Crippen molar-refractivity contribution in [3.05, 3.63) is 66.7 Å². The SMILES string of the molecule is C[C@H](OC(=O)[C@H]1COc2ccccc2O1)C(=O)Nc1cccc2ccccc12. The Hall–Kier alpha value is -3.54. The van der Waals surface area contributed by atoms with E-state index in [0.717, 1.165) is 10.8 Å². The Morgan fingerprint density at radius 1 is 1.00 bits per heavy atom. The lowest BCUT2D eigenvalue weighted by molar-refractivity contribution is -0.162. The molecule has 0 fully saturated rings. The number of nitrogens with one attached hydrogen (secondary N) is 1. The maximum absolute atomic E-state index is 12.5. The minimum absolute atomic E-state index is 0.0352. The molecule has 0 saturated carbocycles. The van der Waals surface area contributed by atoms with E-state index in [2.05, 4.69) is 5.32 Å². The third kappa shape index (κ3) is 3.62. The number of rotatable bonds is 4. The number of carbonyl (C=O) groups is 2. The van der Waals surface area contributed by atoms with Gasteiger partial charge in [0.2, 0.25) is 6.10 Å². The minimum atomic E-state index is -0.979. The van der Waals surface area contributed by atoms with Crippen LogP contribution in [0.3, 0.4) is 0 Å². The molecule has 0 saturated heterocycles. The van der Waals surface area contributed by atoms with Crippen LogP contribution in [0, 0.1) is 0 Å². The molecule has 2 atom stereocenters. The highest BCUT2D eigenvalue weighted by atomic mass is 16.6. The molecular formula is C22H19NO5. The van der Waals surface area contributed by atoms with Gasteiger partial charge in [-0.15, -0.1) is 0 Å². The van der Waals surface area contributed by atoms with Crippen LogP contribution >= 0.6 is 0 Å². The first-order chi connectivity index (χ1) is 13.6. The van der Waals surface area contributed by atoms with Crippen LogP contribution in [-0.4, -0.2) is 30.7 Å². The fourth-order valence-electron chi connectivity index (χ4n) is 3.01. The topological polar surface area (TPSA) is 73.9 Å². The summed E-state index contributed by atoms with van der Waals surface area (Å²) in [4.78, 5) is 24.9. The predicted octanol–water partition coefficient (Wildman–Crippen LogP) is 3.55. The number of anilines is 1. The van der Waals surface area contributed by atoms with E-state index in [9.17, 15) is 9.59 Å². The van der Waals surface area contributed by atoms with Gasteiger partial charge in [0.25, 0.3) is 5.91 Å². The summed E-state index contributed by atoms with van der Waals surface area (Å²) in [5, 5.41) is 4.75. The number of carbonyl (C=O) groups excluding carboxylic acids is 2. The summed E-state index contributed by atoms with van der Waals surface area (Å²) in [6.45, 7) is 1.56. The molecule has 1 aliphatic heterocycles. The predicted molar refractivity (Wildman–Crippen MR) is 104 cm³/mol. The first kappa shape index (κ1) is 17.9. The smallest absolute Gasteiger partial charge is 0.351 e. The van der Waals surface area contributed by atoms with Gasteiger partial charge in [-0.25, -0.2) is 4.79 Å². The largest absolute Gasteiger partial charge is 0.485 e. The average molecular weight is 377 g/mol. The second-order valence-corrected chi connectivity index (χ2v) is 6.46. The van der Waals surface area contributed by atoms with E-state index in [0.29, 0.717) is 17.2 Å². The fraction of sp³-hybridized carbons (Fsp3) is 0.182. The maximum atomic E-state index is 12.5. The van der Waals surface area contributed by atoms with Gasteiger partial charge in [-0.3, -0.25) is 4.79 Å². The Kier molecular flexibility index (Phi) is 4.85. The zero-order valence-electron chi connectivity index (χ0n) is 15.3. The number of esters is 1. The van der Waals surface area contributed by atoms with Crippen molar-refractivity contribution < 1.29 is 23.8 Å². The van der Waals surface area contributed by atoms with Crippen molar-refractivity contribution in [3.63, 3.8) is 0 Å². The lowest BCUT2D eigenvalue weighted by Gasteiger charge is -2.26. The summed E-state index contributed by atoms with van der Waals surface area (Å²) in [5.41, 5.74) is 0.664. The molecule has 3 aromatic rings. The third-order valence-electron chi connectivity index (χ3n) is 4.48. The third-order valence-corrected chi connectivity index (χ3v) is 4.48. The molecule has 1 N–H and O–H groups in total. The van der Waals surface area contributed by atoms with Crippen LogP contribution in [0.25, 0.3) is 10.8 Å². The Bertz CT molecular complexity index is 1030. The summed E-state index contributed by atoms with van der Waals surface area (Å²) in [7, 11) is 0. The molecule has 0 spiro atoms. The normalized spacial score (nSPS) is 16.2. The molecule has 28 heavy (non-hydrogen) atoms. The molecule has 1 amide bonds. The molecule has 3 aromatic carbocycles. The summed E-state index contributed by atoms with van der Waals surface area (Å²) in [6, 6.07) is 20.4. The number of para-hydroxylation sites is 2. The van der Waals surface area contributed by atoms with Crippen molar-refractivity contribution in [1.82, 2.24) is 0 Å². The van der Waals surface area contributed by atoms with E-state index in [-0.39, 0.29) is 6.61 Å². The minimum Gasteiger partial charge on any atom is -0.485 e. The van der Waals surface area contributed by atoms with Crippen molar-refractivity contribution in [3.8, 4) is 11.5 Å². The number of hydrogen-bond acceptors (Lipinski definition) is 5. The van der Waals surface area contributed by atoms with Gasteiger partial charge in [0.1, 0.15) is 6.61 Å². The van der Waals surface area contributed by atoms with Crippen molar-refractivity contribution in [2.24, 2.45) is 0 Å². The highest BCUT2D eigenvalue weighted by Gasteiger charge is 2.31. The van der Waals surface area contributed by atoms with E-state index >= 15 is 0 Å². The van der Waals surface area contributed by atoms with Crippen LogP contribution in [0.2, 0.25) is 0 Å². The van der Waals surface area contributed by atoms with Gasteiger partial charge < -0.3 is 19.5 Å². The van der Waals surface area contributed by atoms with Crippen LogP contribution < -0.4 is 14.8 Å². The van der Waals surface area contributed by atoms with Gasteiger partial charge in [-0.05, 0) is 30.5 Å². The molecule has 0 unspecified atom stereocenters. The first-order valence-corrected chi connectivity index (χ1v) is 8.99. The second-order valence-electron chi connectivity index (χ2n) is 6.46. The van der Waals surface area contributed by atoms with Gasteiger partial charge in [0.15, 0.2) is 17.6 Å². The van der Waals surface area contributed by atoms with E-state index < -0.39 is 24.1 Å². The van der Waals surface area contributed by atoms with E-state index in [1.807, 2.05) is 48.5 Å². The van der Waals surface area contributed by atoms with Crippen LogP contribution in [-0.2, 0) is 14.3 Å². The van der Waals surface area contributed by atoms with Crippen molar-refractivity contribution in [1.29, 1.82) is 0 Å². The highest BCUT2D eigenvalue weighted by molar-refractivity contribution is 6.03. The molecular weight excluding hydrogens is 358 g/mol. The molecule has 6 heteroatoms. The van der Waals surface area contributed by atoms with Crippen LogP contribution in [0.15, 0.2) is 66.7 Å². The number of hydrogen-bond donors (Lipinski definition) is 1. The average Bonchev–Trinajstić information content (AvgIpc) is 2.73. The first-order valence-electron chi connectivity index (χ1n) is 8.99. The number of amides is 1. The summed E-state index contributed by atoms with van der Waals surface area (Å²) >= 11 is 0. The second kappa shape index (κ2) is 7.60. The van der Waals surface area contributed by atoms with E-state index in [1.165, 1.54) is 6.92 Å². The Morgan fingerprint density at radius 3 is 2.57 bits per heavy atom. The van der Waals surface area contributed by atoms with Gasteiger partial charge in [-0.1, -0.05) is 48.5 Å². The number of ether oxygens (including phenoxy) is 3. The molecule has 0 bridgehead atoms. The zero-order chi connectivity index (χ0) is 19.5. The molecule has 142 valence electrons. The van der Waals surface area contributed by atoms with E-state index in [4.69, 9.17) is 14.2 Å². The standard InChI is InChI=1S/C22H19NO5/c1-14(21(24)23-17-10-6-8-15-7-2-3-9-16(15)17)27-22(25)20-13-26-18-11-4-5-12-19(18)28-20/h2-12,14,20H,13H2,1H3,(H,23,24)/t14-,20+/m0/s1. The summed E-state index contributed by atoms with van der Waals surface area (Å²) in [5.74, 6) is -0.00578. The molecule has 0 aromatic heterocycles. The van der Waals surface area contributed by atoms with Gasteiger partial charge >= 0.3 is 5.97 Å². The molecule has 4 rings (SSSR count). The van der Waals surface area contributed by atoms with Gasteiger partial charge in [0, 0.05) is 11.1 Å². The zero-order valence-corrected chi connectivity index (χ0v) is 15.3. The molecule has 1 aliphatic rings. The van der Waals surface area contributed by atoms with Crippen molar-refractivity contribution in [2.75, 3.05) is 11.9 Å². The van der Waals surface area contributed by atoms with Crippen LogP contribution in [0.5, 0.6) is 11.5 Å². The van der Waals surface area contributed by atoms with Crippen LogP contribution in [0.4, 0.5) is 5.69 Å². The lowest BCUT2D eigenvalue weighted by atomic mass is 10.1. The molecule has 0 aliphatic carbocycles. The highest BCUT2D eigenvalue weighted by Crippen LogP contribution is 2.31. The molecule has 0 radical (unpaired) electrons. The number of fused-ring (bicyclic) bond motifs is 2. The number of benzene rings is 3. The quantitative estimate of drug-likeness (QED) is 0.704. The van der Waals surface area contributed by atoms with Crippen LogP contribution in [0.1, 0.15) is 6.92 Å². The molecule has 1 heterocycles. The fourth-order valence-corrected chi connectivity index (χ4v) is 3.01. The summed E-state index contributed by atoms with van der Waals surface area (Å²) < 4.78 is 16.4. The molecule has 6 nitrogen and oxygen atoms in total. The lowest BCUT2D eigenvalue weighted by Crippen LogP contribution is -2.41. The maximum Gasteiger partial charge on any atom is 0.351 e. The Labute approximate surface area is 162 Å². The monoisotopic (exact) mass is 377 g/mol. The van der Waals surface area contributed by atoms with Gasteiger partial charge in [-0.2, -0.15) is 0 Å². The van der Waals surface area contributed by atoms with E-state index in [1.54, 1.807) is 18.2 Å². The van der Waals surface area contributed by atoms with Gasteiger partial charge in [0.05, 0.1) is 0 Å². The Balaban J connectivity index is 1.40. The van der Waals surface area contributed by atoms with Crippen molar-refractivity contribution in [2.45, 2.75) is 19.1 Å². The Morgan fingerprint density at radius 2 is 1.71 bits per heavy atom. The van der Waals surface area contributed by atoms with Crippen molar-refractivity contribution >= 4 is 28.3 Å². The summed E-state index contributed by atoms with van der Waals surface area (Å²) in [6.07, 6.45) is -1.89.